The molecule has 2 aromatic rings. The Morgan fingerprint density at radius 1 is 1.29 bits per heavy atom. The van der Waals surface area contributed by atoms with Crippen LogP contribution >= 0.6 is 11.6 Å². The minimum Gasteiger partial charge on any atom is -0.493 e. The molecule has 0 radical (unpaired) electrons. The smallest absolute Gasteiger partial charge is 0.119 e. The van der Waals surface area contributed by atoms with E-state index in [0.717, 1.165) is 36.8 Å². The maximum absolute atomic E-state index is 5.91. The standard InChI is InChI=1S/C16H19ClN2O2/c17-14-3-6-15(7-4-14)20-11-13-2-5-16(21-12-13)10-19-9-1-8-18-19/h1,3-4,6-9,13,16H,2,5,10-12H2/t13-,16+/m0/s1. The molecule has 0 saturated carbocycles. The molecular weight excluding hydrogens is 288 g/mol. The zero-order valence-electron chi connectivity index (χ0n) is 11.8. The zero-order chi connectivity index (χ0) is 14.5. The first-order chi connectivity index (χ1) is 10.3. The van der Waals surface area contributed by atoms with Crippen molar-refractivity contribution in [3.63, 3.8) is 0 Å². The summed E-state index contributed by atoms with van der Waals surface area (Å²) in [5, 5.41) is 4.94. The second kappa shape index (κ2) is 6.96. The number of ether oxygens (including phenoxy) is 2. The number of nitrogens with zero attached hydrogens (tertiary/aromatic N) is 2. The van der Waals surface area contributed by atoms with Crippen LogP contribution in [0.3, 0.4) is 0 Å². The van der Waals surface area contributed by atoms with Crippen LogP contribution in [0.25, 0.3) is 0 Å². The molecule has 0 amide bonds. The number of hydrogen-bond donors (Lipinski definition) is 0. The van der Waals surface area contributed by atoms with E-state index < -0.39 is 0 Å². The van der Waals surface area contributed by atoms with Gasteiger partial charge in [-0.25, -0.2) is 0 Å². The number of benzene rings is 1. The lowest BCUT2D eigenvalue weighted by Gasteiger charge is -2.29. The average Bonchev–Trinajstić information content (AvgIpc) is 3.01. The second-order valence-corrected chi connectivity index (χ2v) is 5.83. The summed E-state index contributed by atoms with van der Waals surface area (Å²) >= 11 is 5.85. The fraction of sp³-hybridized carbons (Fsp3) is 0.438. The SMILES string of the molecule is Clc1ccc(OC[C@@H]2CC[C@H](Cn3cccn3)OC2)cc1. The van der Waals surface area contributed by atoms with Crippen molar-refractivity contribution >= 4 is 11.6 Å². The van der Waals surface area contributed by atoms with Crippen molar-refractivity contribution in [2.75, 3.05) is 13.2 Å². The van der Waals surface area contributed by atoms with Gasteiger partial charge in [-0.1, -0.05) is 11.6 Å². The van der Waals surface area contributed by atoms with Crippen molar-refractivity contribution in [3.05, 3.63) is 47.7 Å². The minimum absolute atomic E-state index is 0.261. The molecule has 21 heavy (non-hydrogen) atoms. The summed E-state index contributed by atoms with van der Waals surface area (Å²) in [5.74, 6) is 1.31. The Morgan fingerprint density at radius 2 is 2.14 bits per heavy atom. The summed E-state index contributed by atoms with van der Waals surface area (Å²) in [6, 6.07) is 9.41. The lowest BCUT2D eigenvalue weighted by molar-refractivity contribution is -0.0358. The zero-order valence-corrected chi connectivity index (χ0v) is 12.6. The molecule has 0 bridgehead atoms. The molecular formula is C16H19ClN2O2. The predicted molar refractivity (Wildman–Crippen MR) is 81.6 cm³/mol. The lowest BCUT2D eigenvalue weighted by atomic mass is 9.99. The van der Waals surface area contributed by atoms with Gasteiger partial charge in [0.2, 0.25) is 0 Å². The number of aromatic nitrogens is 2. The quantitative estimate of drug-likeness (QED) is 0.849. The Kier molecular flexibility index (Phi) is 4.78. The van der Waals surface area contributed by atoms with Crippen molar-refractivity contribution in [1.82, 2.24) is 9.78 Å². The summed E-state index contributed by atoms with van der Waals surface area (Å²) < 4.78 is 13.6. The van der Waals surface area contributed by atoms with Crippen molar-refractivity contribution in [1.29, 1.82) is 0 Å². The Balaban J connectivity index is 1.40. The molecule has 1 aliphatic heterocycles. The van der Waals surface area contributed by atoms with Gasteiger partial charge in [-0.15, -0.1) is 0 Å². The van der Waals surface area contributed by atoms with E-state index in [1.165, 1.54) is 0 Å². The molecule has 3 rings (SSSR count). The van der Waals surface area contributed by atoms with E-state index in [1.807, 2.05) is 41.2 Å². The van der Waals surface area contributed by atoms with E-state index in [4.69, 9.17) is 21.1 Å². The molecule has 0 aliphatic carbocycles. The molecule has 5 heteroatoms. The Bertz CT molecular complexity index is 534. The fourth-order valence-corrected chi connectivity index (χ4v) is 2.62. The predicted octanol–water partition coefficient (Wildman–Crippen LogP) is 3.41. The van der Waals surface area contributed by atoms with Crippen LogP contribution in [0, 0.1) is 5.92 Å². The Morgan fingerprint density at radius 3 is 2.81 bits per heavy atom. The summed E-state index contributed by atoms with van der Waals surface area (Å²) in [7, 11) is 0. The van der Waals surface area contributed by atoms with Crippen LogP contribution in [-0.4, -0.2) is 29.1 Å². The van der Waals surface area contributed by atoms with Crippen LogP contribution < -0.4 is 4.74 Å². The highest BCUT2D eigenvalue weighted by molar-refractivity contribution is 6.30. The third kappa shape index (κ3) is 4.22. The van der Waals surface area contributed by atoms with E-state index in [0.29, 0.717) is 12.5 Å². The van der Waals surface area contributed by atoms with Crippen molar-refractivity contribution < 1.29 is 9.47 Å². The summed E-state index contributed by atoms with van der Waals surface area (Å²) in [6.07, 6.45) is 6.20. The van der Waals surface area contributed by atoms with Crippen LogP contribution in [0.2, 0.25) is 5.02 Å². The highest BCUT2D eigenvalue weighted by Gasteiger charge is 2.22. The monoisotopic (exact) mass is 306 g/mol. The van der Waals surface area contributed by atoms with Crippen molar-refractivity contribution in [3.8, 4) is 5.75 Å². The Hall–Kier alpha value is -1.52. The molecule has 2 heterocycles. The van der Waals surface area contributed by atoms with E-state index in [2.05, 4.69) is 5.10 Å². The van der Waals surface area contributed by atoms with Gasteiger partial charge >= 0.3 is 0 Å². The molecule has 4 nitrogen and oxygen atoms in total. The summed E-state index contributed by atoms with van der Waals surface area (Å²) in [5.41, 5.74) is 0. The molecule has 0 unspecified atom stereocenters. The van der Waals surface area contributed by atoms with Gasteiger partial charge in [-0.05, 0) is 43.2 Å². The van der Waals surface area contributed by atoms with Gasteiger partial charge < -0.3 is 9.47 Å². The molecule has 0 spiro atoms. The van der Waals surface area contributed by atoms with E-state index in [1.54, 1.807) is 6.20 Å². The maximum Gasteiger partial charge on any atom is 0.119 e. The van der Waals surface area contributed by atoms with Gasteiger partial charge in [0.05, 0.1) is 25.9 Å². The molecule has 1 aromatic carbocycles. The largest absolute Gasteiger partial charge is 0.493 e. The molecule has 2 atom stereocenters. The van der Waals surface area contributed by atoms with E-state index in [9.17, 15) is 0 Å². The number of rotatable bonds is 5. The van der Waals surface area contributed by atoms with Crippen molar-refractivity contribution in [2.45, 2.75) is 25.5 Å². The third-order valence-electron chi connectivity index (χ3n) is 3.71. The highest BCUT2D eigenvalue weighted by Crippen LogP contribution is 2.22. The Labute approximate surface area is 129 Å². The van der Waals surface area contributed by atoms with Crippen molar-refractivity contribution in [2.24, 2.45) is 5.92 Å². The average molecular weight is 307 g/mol. The first-order valence-corrected chi connectivity index (χ1v) is 7.65. The number of halogens is 1. The van der Waals surface area contributed by atoms with E-state index >= 15 is 0 Å². The molecule has 112 valence electrons. The van der Waals surface area contributed by atoms with Crippen LogP contribution in [0.5, 0.6) is 5.75 Å². The van der Waals surface area contributed by atoms with Gasteiger partial charge in [0, 0.05) is 23.3 Å². The van der Waals surface area contributed by atoms with Crippen LogP contribution in [-0.2, 0) is 11.3 Å². The van der Waals surface area contributed by atoms with E-state index in [-0.39, 0.29) is 6.10 Å². The first-order valence-electron chi connectivity index (χ1n) is 7.27. The molecule has 1 aliphatic rings. The van der Waals surface area contributed by atoms with Gasteiger partial charge in [0.15, 0.2) is 0 Å². The van der Waals surface area contributed by atoms with Gasteiger partial charge in [0.1, 0.15) is 5.75 Å². The lowest BCUT2D eigenvalue weighted by Crippen LogP contribution is -2.32. The normalized spacial score (nSPS) is 22.1. The maximum atomic E-state index is 5.91. The van der Waals surface area contributed by atoms with Gasteiger partial charge in [-0.3, -0.25) is 4.68 Å². The molecule has 1 aromatic heterocycles. The second-order valence-electron chi connectivity index (χ2n) is 5.39. The molecule has 1 fully saturated rings. The fourth-order valence-electron chi connectivity index (χ4n) is 2.50. The third-order valence-corrected chi connectivity index (χ3v) is 3.97. The van der Waals surface area contributed by atoms with Gasteiger partial charge in [-0.2, -0.15) is 5.10 Å². The topological polar surface area (TPSA) is 36.3 Å². The molecule has 1 saturated heterocycles. The van der Waals surface area contributed by atoms with Crippen LogP contribution in [0.4, 0.5) is 0 Å². The first kappa shape index (κ1) is 14.4. The highest BCUT2D eigenvalue weighted by atomic mass is 35.5. The van der Waals surface area contributed by atoms with Crippen LogP contribution in [0.1, 0.15) is 12.8 Å². The summed E-state index contributed by atoms with van der Waals surface area (Å²) in [4.78, 5) is 0. The summed E-state index contributed by atoms with van der Waals surface area (Å²) in [6.45, 7) is 2.27. The molecule has 0 N–H and O–H groups in total. The number of hydrogen-bond acceptors (Lipinski definition) is 3. The van der Waals surface area contributed by atoms with Gasteiger partial charge in [0.25, 0.3) is 0 Å². The minimum atomic E-state index is 0.261. The van der Waals surface area contributed by atoms with Crippen LogP contribution in [0.15, 0.2) is 42.7 Å².